The molecule has 0 bridgehead atoms. The number of rotatable bonds is 9. The van der Waals surface area contributed by atoms with Gasteiger partial charge in [0.15, 0.2) is 0 Å². The van der Waals surface area contributed by atoms with Gasteiger partial charge in [0.25, 0.3) is 0 Å². The van der Waals surface area contributed by atoms with E-state index < -0.39 is 6.36 Å². The summed E-state index contributed by atoms with van der Waals surface area (Å²) in [6, 6.07) is 12.8. The van der Waals surface area contributed by atoms with E-state index >= 15 is 0 Å². The number of hydrogen-bond acceptors (Lipinski definition) is 4. The first-order chi connectivity index (χ1) is 14.4. The number of imidazole rings is 1. The van der Waals surface area contributed by atoms with Crippen LogP contribution in [-0.4, -0.2) is 35.0 Å². The molecule has 0 aliphatic carbocycles. The number of carbonyl (C=O) groups excluding carboxylic acids is 1. The number of aromatic nitrogens is 2. The minimum Gasteiger partial charge on any atom is -0.406 e. The Hall–Kier alpha value is -3.07. The summed E-state index contributed by atoms with van der Waals surface area (Å²) in [6.45, 7) is 3.80. The highest BCUT2D eigenvalue weighted by molar-refractivity contribution is 5.92. The summed E-state index contributed by atoms with van der Waals surface area (Å²) in [7, 11) is 0. The van der Waals surface area contributed by atoms with Gasteiger partial charge in [-0.05, 0) is 43.2 Å². The van der Waals surface area contributed by atoms with Gasteiger partial charge in [0.05, 0.1) is 17.5 Å². The molecule has 1 aromatic heterocycles. The molecule has 9 heteroatoms. The fraction of sp³-hybridized carbons (Fsp3) is 0.333. The maximum absolute atomic E-state index is 12.5. The van der Waals surface area contributed by atoms with Crippen molar-refractivity contribution in [2.24, 2.45) is 0 Å². The van der Waals surface area contributed by atoms with E-state index in [1.54, 1.807) is 0 Å². The Morgan fingerprint density at radius 1 is 1.13 bits per heavy atom. The van der Waals surface area contributed by atoms with Gasteiger partial charge in [-0.25, -0.2) is 4.98 Å². The Balaban J connectivity index is 1.68. The van der Waals surface area contributed by atoms with Crippen molar-refractivity contribution in [1.29, 1.82) is 0 Å². The van der Waals surface area contributed by atoms with Crippen LogP contribution in [0.25, 0.3) is 11.0 Å². The van der Waals surface area contributed by atoms with Crippen LogP contribution in [0.5, 0.6) is 5.75 Å². The summed E-state index contributed by atoms with van der Waals surface area (Å²) in [5.41, 5.74) is 2.22. The monoisotopic (exact) mass is 421 g/mol. The standard InChI is InChI=1S/C21H22F3N3O3/c1-2-29-13-5-12-27-18-7-4-3-6-17(18)25-20(27)26-19(28)14-15-8-10-16(11-9-15)30-21(22,23)24/h3-4,6-11H,2,5,12-14H2,1H3,(H,25,26,28). The van der Waals surface area contributed by atoms with E-state index in [0.29, 0.717) is 31.3 Å². The zero-order chi connectivity index (χ0) is 21.6. The number of fused-ring (bicyclic) bond motifs is 1. The fourth-order valence-electron chi connectivity index (χ4n) is 3.03. The highest BCUT2D eigenvalue weighted by atomic mass is 19.4. The molecule has 0 fully saturated rings. The number of alkyl halides is 3. The number of nitrogens with zero attached hydrogens (tertiary/aromatic N) is 2. The summed E-state index contributed by atoms with van der Waals surface area (Å²) in [4.78, 5) is 17.0. The molecule has 0 aliphatic rings. The third kappa shape index (κ3) is 5.96. The van der Waals surface area contributed by atoms with Crippen LogP contribution in [0.3, 0.4) is 0 Å². The maximum atomic E-state index is 12.5. The Kier molecular flexibility index (Phi) is 6.94. The number of benzene rings is 2. The lowest BCUT2D eigenvalue weighted by Crippen LogP contribution is -2.19. The van der Waals surface area contributed by atoms with Crippen molar-refractivity contribution >= 4 is 22.9 Å². The van der Waals surface area contributed by atoms with Crippen LogP contribution in [0.2, 0.25) is 0 Å². The van der Waals surface area contributed by atoms with Crippen molar-refractivity contribution in [3.8, 4) is 5.75 Å². The van der Waals surface area contributed by atoms with Gasteiger partial charge < -0.3 is 14.0 Å². The minimum atomic E-state index is -4.75. The maximum Gasteiger partial charge on any atom is 0.573 e. The summed E-state index contributed by atoms with van der Waals surface area (Å²) >= 11 is 0. The third-order valence-corrected chi connectivity index (χ3v) is 4.30. The van der Waals surface area contributed by atoms with Crippen LogP contribution < -0.4 is 10.1 Å². The van der Waals surface area contributed by atoms with Gasteiger partial charge in [0, 0.05) is 19.8 Å². The molecule has 1 amide bonds. The summed E-state index contributed by atoms with van der Waals surface area (Å²) in [5.74, 6) is -0.224. The van der Waals surface area contributed by atoms with E-state index in [1.165, 1.54) is 24.3 Å². The van der Waals surface area contributed by atoms with E-state index in [9.17, 15) is 18.0 Å². The molecule has 1 heterocycles. The second kappa shape index (κ2) is 9.62. The number of aryl methyl sites for hydroxylation is 1. The molecule has 2 aromatic carbocycles. The lowest BCUT2D eigenvalue weighted by Gasteiger charge is -2.11. The average molecular weight is 421 g/mol. The van der Waals surface area contributed by atoms with E-state index in [0.717, 1.165) is 17.5 Å². The van der Waals surface area contributed by atoms with Gasteiger partial charge in [0.2, 0.25) is 11.9 Å². The number of halogens is 3. The molecule has 160 valence electrons. The van der Waals surface area contributed by atoms with Crippen molar-refractivity contribution in [2.45, 2.75) is 32.7 Å². The quantitative estimate of drug-likeness (QED) is 0.515. The third-order valence-electron chi connectivity index (χ3n) is 4.30. The highest BCUT2D eigenvalue weighted by Crippen LogP contribution is 2.23. The number of hydrogen-bond donors (Lipinski definition) is 1. The van der Waals surface area contributed by atoms with Crippen LogP contribution in [0.4, 0.5) is 19.1 Å². The molecule has 6 nitrogen and oxygen atoms in total. The molecule has 0 saturated carbocycles. The van der Waals surface area contributed by atoms with Crippen LogP contribution >= 0.6 is 0 Å². The van der Waals surface area contributed by atoms with Crippen molar-refractivity contribution in [2.75, 3.05) is 18.5 Å². The number of amides is 1. The van der Waals surface area contributed by atoms with Gasteiger partial charge in [-0.2, -0.15) is 0 Å². The molecule has 0 saturated heterocycles. The van der Waals surface area contributed by atoms with Crippen LogP contribution in [-0.2, 0) is 22.5 Å². The number of nitrogens with one attached hydrogen (secondary N) is 1. The SMILES string of the molecule is CCOCCCn1c(NC(=O)Cc2ccc(OC(F)(F)F)cc2)nc2ccccc21. The summed E-state index contributed by atoms with van der Waals surface area (Å²) in [6.07, 6.45) is -3.99. The van der Waals surface area contributed by atoms with Crippen LogP contribution in [0.1, 0.15) is 18.9 Å². The van der Waals surface area contributed by atoms with E-state index in [4.69, 9.17) is 4.74 Å². The molecule has 3 rings (SSSR count). The van der Waals surface area contributed by atoms with Gasteiger partial charge in [-0.1, -0.05) is 24.3 Å². The summed E-state index contributed by atoms with van der Waals surface area (Å²) in [5, 5.41) is 2.80. The molecule has 3 aromatic rings. The Morgan fingerprint density at radius 2 is 1.87 bits per heavy atom. The first-order valence-corrected chi connectivity index (χ1v) is 9.53. The molecule has 30 heavy (non-hydrogen) atoms. The zero-order valence-electron chi connectivity index (χ0n) is 16.4. The highest BCUT2D eigenvalue weighted by Gasteiger charge is 2.31. The predicted molar refractivity (Wildman–Crippen MR) is 106 cm³/mol. The molecule has 0 radical (unpaired) electrons. The first-order valence-electron chi connectivity index (χ1n) is 9.53. The zero-order valence-corrected chi connectivity index (χ0v) is 16.4. The van der Waals surface area contributed by atoms with E-state index in [2.05, 4.69) is 15.0 Å². The summed E-state index contributed by atoms with van der Waals surface area (Å²) < 4.78 is 47.9. The number of ether oxygens (including phenoxy) is 2. The Bertz CT molecular complexity index is 985. The molecular weight excluding hydrogens is 399 g/mol. The lowest BCUT2D eigenvalue weighted by molar-refractivity contribution is -0.274. The average Bonchev–Trinajstić information content (AvgIpc) is 3.02. The van der Waals surface area contributed by atoms with Crippen molar-refractivity contribution < 1.29 is 27.4 Å². The molecule has 0 aliphatic heterocycles. The molecule has 0 atom stereocenters. The van der Waals surface area contributed by atoms with Crippen molar-refractivity contribution in [3.05, 3.63) is 54.1 Å². The normalized spacial score (nSPS) is 11.6. The van der Waals surface area contributed by atoms with Crippen molar-refractivity contribution in [3.63, 3.8) is 0 Å². The number of para-hydroxylation sites is 2. The van der Waals surface area contributed by atoms with Crippen molar-refractivity contribution in [1.82, 2.24) is 9.55 Å². The van der Waals surface area contributed by atoms with Crippen LogP contribution in [0, 0.1) is 0 Å². The van der Waals surface area contributed by atoms with Gasteiger partial charge in [-0.3, -0.25) is 10.1 Å². The largest absolute Gasteiger partial charge is 0.573 e. The molecular formula is C21H22F3N3O3. The van der Waals surface area contributed by atoms with Gasteiger partial charge in [-0.15, -0.1) is 13.2 Å². The Morgan fingerprint density at radius 3 is 2.57 bits per heavy atom. The number of anilines is 1. The second-order valence-corrected chi connectivity index (χ2v) is 6.54. The minimum absolute atomic E-state index is 0.00551. The molecule has 1 N–H and O–H groups in total. The number of carbonyl (C=O) groups is 1. The van der Waals surface area contributed by atoms with E-state index in [-0.39, 0.29) is 18.1 Å². The predicted octanol–water partition coefficient (Wildman–Crippen LogP) is 4.54. The smallest absolute Gasteiger partial charge is 0.406 e. The fourth-order valence-corrected chi connectivity index (χ4v) is 3.03. The second-order valence-electron chi connectivity index (χ2n) is 6.54. The Labute approximate surface area is 171 Å². The topological polar surface area (TPSA) is 65.4 Å². The lowest BCUT2D eigenvalue weighted by atomic mass is 10.1. The van der Waals surface area contributed by atoms with Gasteiger partial charge in [0.1, 0.15) is 5.75 Å². The molecule has 0 unspecified atom stereocenters. The van der Waals surface area contributed by atoms with E-state index in [1.807, 2.05) is 35.8 Å². The molecule has 0 spiro atoms. The van der Waals surface area contributed by atoms with Crippen LogP contribution in [0.15, 0.2) is 48.5 Å². The van der Waals surface area contributed by atoms with Gasteiger partial charge >= 0.3 is 6.36 Å². The first kappa shape index (κ1) is 21.6.